The predicted octanol–water partition coefficient (Wildman–Crippen LogP) is 3.08. The summed E-state index contributed by atoms with van der Waals surface area (Å²) in [5.74, 6) is 2.73. The number of rotatable bonds is 6. The van der Waals surface area contributed by atoms with Crippen LogP contribution in [0.4, 0.5) is 0 Å². The van der Waals surface area contributed by atoms with Crippen molar-refractivity contribution in [1.29, 1.82) is 0 Å². The molecule has 108 valence electrons. The van der Waals surface area contributed by atoms with E-state index in [1.807, 2.05) is 11.8 Å². The Bertz CT molecular complexity index is 231. The van der Waals surface area contributed by atoms with Gasteiger partial charge in [0.1, 0.15) is 0 Å². The minimum atomic E-state index is 0.663. The van der Waals surface area contributed by atoms with E-state index in [-0.39, 0.29) is 0 Å². The van der Waals surface area contributed by atoms with E-state index in [2.05, 4.69) is 51.1 Å². The normalized spacial score (nSPS) is 28.0. The van der Waals surface area contributed by atoms with Crippen LogP contribution < -0.4 is 5.32 Å². The molecular weight excluding hydrogens is 240 g/mol. The molecule has 1 rings (SSSR count). The lowest BCUT2D eigenvalue weighted by Gasteiger charge is -2.47. The van der Waals surface area contributed by atoms with Crippen LogP contribution >= 0.6 is 11.8 Å². The van der Waals surface area contributed by atoms with Gasteiger partial charge in [-0.25, -0.2) is 0 Å². The third kappa shape index (κ3) is 4.14. The summed E-state index contributed by atoms with van der Waals surface area (Å²) in [5, 5.41) is 3.75. The summed E-state index contributed by atoms with van der Waals surface area (Å²) >= 11 is 1.99. The van der Waals surface area contributed by atoms with Crippen molar-refractivity contribution in [3.05, 3.63) is 0 Å². The van der Waals surface area contributed by atoms with Crippen molar-refractivity contribution >= 4 is 11.8 Å². The molecule has 18 heavy (non-hydrogen) atoms. The summed E-state index contributed by atoms with van der Waals surface area (Å²) in [5.41, 5.74) is 0. The average Bonchev–Trinajstić information content (AvgIpc) is 2.35. The SMILES string of the molecule is CCC(CSC)N1CC(C(C)C)NCC1C(C)C. The van der Waals surface area contributed by atoms with Gasteiger partial charge < -0.3 is 5.32 Å². The van der Waals surface area contributed by atoms with Gasteiger partial charge in [-0.15, -0.1) is 0 Å². The van der Waals surface area contributed by atoms with E-state index in [1.54, 1.807) is 0 Å². The fraction of sp³-hybridized carbons (Fsp3) is 1.00. The second kappa shape index (κ2) is 7.76. The van der Waals surface area contributed by atoms with Crippen molar-refractivity contribution in [2.24, 2.45) is 11.8 Å². The smallest absolute Gasteiger partial charge is 0.0247 e. The minimum Gasteiger partial charge on any atom is -0.311 e. The highest BCUT2D eigenvalue weighted by Gasteiger charge is 2.34. The van der Waals surface area contributed by atoms with E-state index in [9.17, 15) is 0 Å². The number of piperazine rings is 1. The highest BCUT2D eigenvalue weighted by Crippen LogP contribution is 2.23. The molecule has 0 amide bonds. The number of hydrogen-bond acceptors (Lipinski definition) is 3. The van der Waals surface area contributed by atoms with Gasteiger partial charge in [-0.3, -0.25) is 4.90 Å². The average molecular weight is 273 g/mol. The molecule has 0 aromatic heterocycles. The van der Waals surface area contributed by atoms with Crippen LogP contribution in [0.25, 0.3) is 0 Å². The monoisotopic (exact) mass is 272 g/mol. The molecule has 0 aliphatic carbocycles. The van der Waals surface area contributed by atoms with Gasteiger partial charge in [-0.05, 0) is 24.5 Å². The van der Waals surface area contributed by atoms with E-state index in [0.29, 0.717) is 12.1 Å². The van der Waals surface area contributed by atoms with Gasteiger partial charge >= 0.3 is 0 Å². The standard InChI is InChI=1S/C15H32N2S/c1-7-13(10-18-6)17-9-14(11(2)3)16-8-15(17)12(4)5/h11-16H,7-10H2,1-6H3. The summed E-state index contributed by atoms with van der Waals surface area (Å²) in [6, 6.07) is 2.11. The minimum absolute atomic E-state index is 0.663. The van der Waals surface area contributed by atoms with Gasteiger partial charge in [-0.2, -0.15) is 11.8 Å². The Hall–Kier alpha value is 0.270. The molecule has 1 aliphatic rings. The summed E-state index contributed by atoms with van der Waals surface area (Å²) in [6.07, 6.45) is 3.50. The van der Waals surface area contributed by atoms with E-state index in [1.165, 1.54) is 18.7 Å². The molecule has 1 aliphatic heterocycles. The van der Waals surface area contributed by atoms with E-state index >= 15 is 0 Å². The van der Waals surface area contributed by atoms with Crippen LogP contribution in [0, 0.1) is 11.8 Å². The summed E-state index contributed by atoms with van der Waals surface area (Å²) in [7, 11) is 0. The first-order chi connectivity index (χ1) is 8.51. The second-order valence-corrected chi connectivity index (χ2v) is 7.20. The molecule has 0 aromatic rings. The van der Waals surface area contributed by atoms with Crippen molar-refractivity contribution in [2.45, 2.75) is 59.2 Å². The molecule has 1 heterocycles. The molecule has 1 N–H and O–H groups in total. The third-order valence-electron chi connectivity index (χ3n) is 4.30. The van der Waals surface area contributed by atoms with Gasteiger partial charge in [0.2, 0.25) is 0 Å². The zero-order valence-electron chi connectivity index (χ0n) is 13.1. The summed E-state index contributed by atoms with van der Waals surface area (Å²) in [6.45, 7) is 14.1. The van der Waals surface area contributed by atoms with Gasteiger partial charge in [0.25, 0.3) is 0 Å². The zero-order chi connectivity index (χ0) is 13.7. The molecular formula is C15H32N2S. The first-order valence-electron chi connectivity index (χ1n) is 7.49. The lowest BCUT2D eigenvalue weighted by Crippen LogP contribution is -2.62. The quantitative estimate of drug-likeness (QED) is 0.800. The number of nitrogens with one attached hydrogen (secondary N) is 1. The van der Waals surface area contributed by atoms with E-state index in [0.717, 1.165) is 24.4 Å². The first kappa shape index (κ1) is 16.3. The maximum atomic E-state index is 3.75. The fourth-order valence-electron chi connectivity index (χ4n) is 2.94. The topological polar surface area (TPSA) is 15.3 Å². The highest BCUT2D eigenvalue weighted by atomic mass is 32.2. The van der Waals surface area contributed by atoms with Crippen molar-refractivity contribution in [2.75, 3.05) is 25.1 Å². The summed E-state index contributed by atoms with van der Waals surface area (Å²) in [4.78, 5) is 2.79. The van der Waals surface area contributed by atoms with E-state index < -0.39 is 0 Å². The number of nitrogens with zero attached hydrogens (tertiary/aromatic N) is 1. The van der Waals surface area contributed by atoms with Crippen molar-refractivity contribution in [3.63, 3.8) is 0 Å². The molecule has 0 saturated carbocycles. The molecule has 0 radical (unpaired) electrons. The van der Waals surface area contributed by atoms with Crippen LogP contribution in [0.15, 0.2) is 0 Å². The number of thioether (sulfide) groups is 1. The van der Waals surface area contributed by atoms with E-state index in [4.69, 9.17) is 0 Å². The van der Waals surface area contributed by atoms with Crippen molar-refractivity contribution < 1.29 is 0 Å². The Balaban J connectivity index is 2.76. The Morgan fingerprint density at radius 1 is 1.22 bits per heavy atom. The molecule has 3 unspecified atom stereocenters. The van der Waals surface area contributed by atoms with Crippen LogP contribution in [0.2, 0.25) is 0 Å². The Kier molecular flexibility index (Phi) is 7.04. The lowest BCUT2D eigenvalue weighted by atomic mass is 9.92. The molecule has 1 fully saturated rings. The van der Waals surface area contributed by atoms with Crippen LogP contribution in [0.5, 0.6) is 0 Å². The molecule has 3 atom stereocenters. The largest absolute Gasteiger partial charge is 0.311 e. The van der Waals surface area contributed by atoms with Gasteiger partial charge in [0.15, 0.2) is 0 Å². The maximum Gasteiger partial charge on any atom is 0.0247 e. The Labute approximate surface area is 118 Å². The van der Waals surface area contributed by atoms with Crippen LogP contribution in [0.1, 0.15) is 41.0 Å². The predicted molar refractivity (Wildman–Crippen MR) is 84.4 cm³/mol. The lowest BCUT2D eigenvalue weighted by molar-refractivity contribution is 0.0521. The van der Waals surface area contributed by atoms with Crippen molar-refractivity contribution in [3.8, 4) is 0 Å². The van der Waals surface area contributed by atoms with Gasteiger partial charge in [0, 0.05) is 37.0 Å². The Morgan fingerprint density at radius 3 is 2.33 bits per heavy atom. The molecule has 2 nitrogen and oxygen atoms in total. The van der Waals surface area contributed by atoms with Crippen LogP contribution in [-0.4, -0.2) is 48.1 Å². The fourth-order valence-corrected chi connectivity index (χ4v) is 3.75. The zero-order valence-corrected chi connectivity index (χ0v) is 13.9. The molecule has 3 heteroatoms. The third-order valence-corrected chi connectivity index (χ3v) is 5.01. The van der Waals surface area contributed by atoms with Gasteiger partial charge in [0.05, 0.1) is 0 Å². The maximum absolute atomic E-state index is 3.75. The molecule has 0 bridgehead atoms. The van der Waals surface area contributed by atoms with Crippen LogP contribution in [-0.2, 0) is 0 Å². The van der Waals surface area contributed by atoms with Gasteiger partial charge in [-0.1, -0.05) is 34.6 Å². The highest BCUT2D eigenvalue weighted by molar-refractivity contribution is 7.98. The molecule has 1 saturated heterocycles. The molecule has 0 aromatic carbocycles. The Morgan fingerprint density at radius 2 is 1.89 bits per heavy atom. The summed E-state index contributed by atoms with van der Waals surface area (Å²) < 4.78 is 0. The second-order valence-electron chi connectivity index (χ2n) is 6.28. The number of hydrogen-bond donors (Lipinski definition) is 1. The van der Waals surface area contributed by atoms with Crippen molar-refractivity contribution in [1.82, 2.24) is 10.2 Å². The molecule has 0 spiro atoms. The first-order valence-corrected chi connectivity index (χ1v) is 8.88. The van der Waals surface area contributed by atoms with Crippen LogP contribution in [0.3, 0.4) is 0 Å².